The molecule has 0 aliphatic carbocycles. The van der Waals surface area contributed by atoms with Crippen LogP contribution in [-0.2, 0) is 7.05 Å². The summed E-state index contributed by atoms with van der Waals surface area (Å²) in [4.78, 5) is 1.19. The molecule has 1 aromatic rings. The lowest BCUT2D eigenvalue weighted by atomic mass is 9.99. The standard InChI is InChI=1S/C11H18N4S/c1-11(13,9-12)5-3-4-6-16-10-7-14-15(2)8-10/h7-8H,3-6,13H2,1-2H3. The molecule has 5 heteroatoms. The zero-order chi connectivity index (χ0) is 12.0. The van der Waals surface area contributed by atoms with Crippen LogP contribution in [0.2, 0.25) is 0 Å². The van der Waals surface area contributed by atoms with Gasteiger partial charge in [-0.05, 0) is 31.9 Å². The maximum atomic E-state index is 8.74. The van der Waals surface area contributed by atoms with Crippen LogP contribution in [0.3, 0.4) is 0 Å². The van der Waals surface area contributed by atoms with Gasteiger partial charge in [0.1, 0.15) is 5.54 Å². The minimum absolute atomic E-state index is 0.668. The summed E-state index contributed by atoms with van der Waals surface area (Å²) < 4.78 is 1.80. The van der Waals surface area contributed by atoms with Crippen LogP contribution in [0.25, 0.3) is 0 Å². The van der Waals surface area contributed by atoms with Gasteiger partial charge in [0, 0.05) is 18.1 Å². The van der Waals surface area contributed by atoms with E-state index < -0.39 is 5.54 Å². The van der Waals surface area contributed by atoms with Gasteiger partial charge in [0.2, 0.25) is 0 Å². The van der Waals surface area contributed by atoms with E-state index >= 15 is 0 Å². The molecule has 0 aliphatic heterocycles. The molecule has 88 valence electrons. The summed E-state index contributed by atoms with van der Waals surface area (Å²) in [5.74, 6) is 1.05. The van der Waals surface area contributed by atoms with Gasteiger partial charge in [0.25, 0.3) is 0 Å². The quantitative estimate of drug-likeness (QED) is 0.607. The smallest absolute Gasteiger partial charge is 0.101 e. The Morgan fingerprint density at radius 1 is 1.62 bits per heavy atom. The van der Waals surface area contributed by atoms with E-state index in [1.54, 1.807) is 23.4 Å². The Morgan fingerprint density at radius 2 is 2.38 bits per heavy atom. The number of nitrogens with zero attached hydrogens (tertiary/aromatic N) is 3. The molecule has 16 heavy (non-hydrogen) atoms. The SMILES string of the molecule is Cn1cc(SCCCCC(C)(N)C#N)cn1. The topological polar surface area (TPSA) is 67.6 Å². The number of nitriles is 1. The van der Waals surface area contributed by atoms with Crippen molar-refractivity contribution in [2.75, 3.05) is 5.75 Å². The van der Waals surface area contributed by atoms with Crippen molar-refractivity contribution in [2.45, 2.75) is 36.6 Å². The predicted octanol–water partition coefficient (Wildman–Crippen LogP) is 1.92. The summed E-state index contributed by atoms with van der Waals surface area (Å²) in [6.45, 7) is 1.78. The highest BCUT2D eigenvalue weighted by molar-refractivity contribution is 7.99. The highest BCUT2D eigenvalue weighted by atomic mass is 32.2. The van der Waals surface area contributed by atoms with Crippen LogP contribution in [-0.4, -0.2) is 21.1 Å². The van der Waals surface area contributed by atoms with E-state index in [1.165, 1.54) is 4.90 Å². The van der Waals surface area contributed by atoms with Crippen molar-refractivity contribution in [2.24, 2.45) is 12.8 Å². The molecule has 1 unspecified atom stereocenters. The normalized spacial score (nSPS) is 14.4. The van der Waals surface area contributed by atoms with Gasteiger partial charge >= 0.3 is 0 Å². The second-order valence-corrected chi connectivity index (χ2v) is 5.35. The zero-order valence-corrected chi connectivity index (χ0v) is 10.6. The predicted molar refractivity (Wildman–Crippen MR) is 66.0 cm³/mol. The number of unbranched alkanes of at least 4 members (excludes halogenated alkanes) is 1. The summed E-state index contributed by atoms with van der Waals surface area (Å²) in [7, 11) is 1.91. The van der Waals surface area contributed by atoms with Gasteiger partial charge in [-0.25, -0.2) is 0 Å². The number of nitrogens with two attached hydrogens (primary N) is 1. The molecule has 2 N–H and O–H groups in total. The van der Waals surface area contributed by atoms with Crippen molar-refractivity contribution in [3.63, 3.8) is 0 Å². The first-order chi connectivity index (χ1) is 7.53. The third kappa shape index (κ3) is 4.69. The average Bonchev–Trinajstić information content (AvgIpc) is 2.64. The molecule has 4 nitrogen and oxygen atoms in total. The fourth-order valence-electron chi connectivity index (χ4n) is 1.31. The van der Waals surface area contributed by atoms with Crippen molar-refractivity contribution in [1.82, 2.24) is 9.78 Å². The van der Waals surface area contributed by atoms with Crippen LogP contribution in [0, 0.1) is 11.3 Å². The van der Waals surface area contributed by atoms with Crippen molar-refractivity contribution >= 4 is 11.8 Å². The molecule has 0 aromatic carbocycles. The third-order valence-corrected chi connectivity index (χ3v) is 3.33. The Balaban J connectivity index is 2.11. The van der Waals surface area contributed by atoms with E-state index in [1.807, 2.05) is 19.4 Å². The highest BCUT2D eigenvalue weighted by Crippen LogP contribution is 2.19. The summed E-state index contributed by atoms with van der Waals surface area (Å²) in [5.41, 5.74) is 5.06. The number of hydrogen-bond acceptors (Lipinski definition) is 4. The number of aryl methyl sites for hydroxylation is 1. The van der Waals surface area contributed by atoms with E-state index in [4.69, 9.17) is 11.0 Å². The van der Waals surface area contributed by atoms with Gasteiger partial charge in [-0.3, -0.25) is 4.68 Å². The van der Waals surface area contributed by atoms with E-state index in [2.05, 4.69) is 11.2 Å². The minimum Gasteiger partial charge on any atom is -0.314 e. The fourth-order valence-corrected chi connectivity index (χ4v) is 2.25. The molecule has 0 bridgehead atoms. The third-order valence-electron chi connectivity index (χ3n) is 2.30. The lowest BCUT2D eigenvalue weighted by molar-refractivity contribution is 0.519. The molecular formula is C11H18N4S. The van der Waals surface area contributed by atoms with Crippen LogP contribution in [0.1, 0.15) is 26.2 Å². The largest absolute Gasteiger partial charge is 0.314 e. The second kappa shape index (κ2) is 5.92. The second-order valence-electron chi connectivity index (χ2n) is 4.18. The van der Waals surface area contributed by atoms with Gasteiger partial charge in [-0.1, -0.05) is 0 Å². The molecule has 1 rings (SSSR count). The van der Waals surface area contributed by atoms with E-state index in [0.717, 1.165) is 25.0 Å². The minimum atomic E-state index is -0.668. The zero-order valence-electron chi connectivity index (χ0n) is 9.81. The molecule has 0 saturated carbocycles. The van der Waals surface area contributed by atoms with Gasteiger partial charge < -0.3 is 5.73 Å². The molecule has 0 amide bonds. The summed E-state index contributed by atoms with van der Waals surface area (Å²) in [5, 5.41) is 12.8. The van der Waals surface area contributed by atoms with Crippen LogP contribution < -0.4 is 5.73 Å². The van der Waals surface area contributed by atoms with Crippen LogP contribution in [0.5, 0.6) is 0 Å². The monoisotopic (exact) mass is 238 g/mol. The number of rotatable bonds is 6. The van der Waals surface area contributed by atoms with Crippen molar-refractivity contribution in [3.05, 3.63) is 12.4 Å². The molecular weight excluding hydrogens is 220 g/mol. The van der Waals surface area contributed by atoms with Gasteiger partial charge in [-0.2, -0.15) is 10.4 Å². The summed E-state index contributed by atoms with van der Waals surface area (Å²) >= 11 is 1.79. The fraction of sp³-hybridized carbons (Fsp3) is 0.636. The maximum Gasteiger partial charge on any atom is 0.101 e. The Bertz CT molecular complexity index is 364. The van der Waals surface area contributed by atoms with Gasteiger partial charge in [0.15, 0.2) is 0 Å². The Kier molecular flexibility index (Phi) is 4.84. The molecule has 1 aromatic heterocycles. The van der Waals surface area contributed by atoms with E-state index in [0.29, 0.717) is 0 Å². The maximum absolute atomic E-state index is 8.74. The first kappa shape index (κ1) is 13.1. The van der Waals surface area contributed by atoms with Crippen LogP contribution >= 0.6 is 11.8 Å². The van der Waals surface area contributed by atoms with Crippen LogP contribution in [0.4, 0.5) is 0 Å². The van der Waals surface area contributed by atoms with Crippen LogP contribution in [0.15, 0.2) is 17.3 Å². The van der Waals surface area contributed by atoms with E-state index in [9.17, 15) is 0 Å². The molecule has 1 heterocycles. The Labute approximate surface area is 101 Å². The lowest BCUT2D eigenvalue weighted by Gasteiger charge is -2.14. The molecule has 0 fully saturated rings. The molecule has 0 spiro atoms. The molecule has 0 radical (unpaired) electrons. The van der Waals surface area contributed by atoms with Crippen molar-refractivity contribution < 1.29 is 0 Å². The van der Waals surface area contributed by atoms with Crippen molar-refractivity contribution in [3.8, 4) is 6.07 Å². The summed E-state index contributed by atoms with van der Waals surface area (Å²) in [6, 6.07) is 2.11. The summed E-state index contributed by atoms with van der Waals surface area (Å²) in [6.07, 6.45) is 6.71. The average molecular weight is 238 g/mol. The van der Waals surface area contributed by atoms with Gasteiger partial charge in [-0.15, -0.1) is 11.8 Å². The first-order valence-corrected chi connectivity index (χ1v) is 6.34. The number of hydrogen-bond donors (Lipinski definition) is 1. The van der Waals surface area contributed by atoms with E-state index in [-0.39, 0.29) is 0 Å². The Hall–Kier alpha value is -0.990. The number of aromatic nitrogens is 2. The first-order valence-electron chi connectivity index (χ1n) is 5.35. The lowest BCUT2D eigenvalue weighted by Crippen LogP contribution is -2.33. The van der Waals surface area contributed by atoms with Crippen molar-refractivity contribution in [1.29, 1.82) is 5.26 Å². The molecule has 0 saturated heterocycles. The highest BCUT2D eigenvalue weighted by Gasteiger charge is 2.15. The molecule has 1 atom stereocenters. The molecule has 0 aliphatic rings. The van der Waals surface area contributed by atoms with Gasteiger partial charge in [0.05, 0.1) is 12.3 Å². The number of thioether (sulfide) groups is 1. The Morgan fingerprint density at radius 3 is 2.94 bits per heavy atom.